The average Bonchev–Trinajstić information content (AvgIpc) is 2.51. The number of allylic oxidation sites excluding steroid dienone is 5. The van der Waals surface area contributed by atoms with Crippen LogP contribution in [-0.2, 0) is 9.68 Å². The van der Waals surface area contributed by atoms with E-state index in [-0.39, 0.29) is 6.10 Å². The van der Waals surface area contributed by atoms with Crippen LogP contribution in [0.25, 0.3) is 0 Å². The van der Waals surface area contributed by atoms with Crippen molar-refractivity contribution in [2.45, 2.75) is 77.7 Å². The van der Waals surface area contributed by atoms with E-state index in [0.717, 1.165) is 32.1 Å². The third kappa shape index (κ3) is 15.2. The summed E-state index contributed by atoms with van der Waals surface area (Å²) < 4.78 is 0. The van der Waals surface area contributed by atoms with E-state index in [1.54, 1.807) is 6.92 Å². The second-order valence-corrected chi connectivity index (χ2v) is 5.58. The fourth-order valence-electron chi connectivity index (χ4n) is 2.05. The minimum atomic E-state index is -0.212. The maximum atomic E-state index is 10.8. The number of carbonyl (C=O) groups excluding carboxylic acids is 1. The molecule has 126 valence electrons. The number of carbonyl (C=O) groups is 1. The molecule has 0 aromatic heterocycles. The SMILES string of the molecule is CCC(/C=C/C=C\C/C=C\CCCCCCCC(C)=O)OO. The quantitative estimate of drug-likeness (QED) is 0.149. The summed E-state index contributed by atoms with van der Waals surface area (Å²) in [6.07, 6.45) is 21.5. The van der Waals surface area contributed by atoms with Gasteiger partial charge in [-0.15, -0.1) is 0 Å². The van der Waals surface area contributed by atoms with Crippen LogP contribution in [0.3, 0.4) is 0 Å². The lowest BCUT2D eigenvalue weighted by atomic mass is 10.1. The van der Waals surface area contributed by atoms with E-state index in [4.69, 9.17) is 5.26 Å². The smallest absolute Gasteiger partial charge is 0.129 e. The number of hydrogen-bond acceptors (Lipinski definition) is 3. The van der Waals surface area contributed by atoms with E-state index in [1.165, 1.54) is 25.7 Å². The van der Waals surface area contributed by atoms with Gasteiger partial charge >= 0.3 is 0 Å². The van der Waals surface area contributed by atoms with E-state index in [2.05, 4.69) is 23.1 Å². The molecule has 3 heteroatoms. The molecule has 0 bridgehead atoms. The van der Waals surface area contributed by atoms with Crippen molar-refractivity contribution in [3.63, 3.8) is 0 Å². The molecule has 0 rings (SSSR count). The van der Waals surface area contributed by atoms with Gasteiger partial charge in [-0.1, -0.05) is 62.6 Å². The summed E-state index contributed by atoms with van der Waals surface area (Å²) in [7, 11) is 0. The highest BCUT2D eigenvalue weighted by Gasteiger charge is 1.97. The van der Waals surface area contributed by atoms with Gasteiger partial charge in [-0.3, -0.25) is 5.26 Å². The Morgan fingerprint density at radius 3 is 2.45 bits per heavy atom. The minimum absolute atomic E-state index is 0.212. The molecule has 0 heterocycles. The normalized spacial score (nSPS) is 13.6. The zero-order chi connectivity index (χ0) is 16.5. The first kappa shape index (κ1) is 20.8. The second-order valence-electron chi connectivity index (χ2n) is 5.58. The molecule has 0 aromatic carbocycles. The zero-order valence-corrected chi connectivity index (χ0v) is 14.2. The van der Waals surface area contributed by atoms with Gasteiger partial charge in [-0.05, 0) is 39.0 Å². The van der Waals surface area contributed by atoms with Crippen LogP contribution in [0.2, 0.25) is 0 Å². The number of unbranched alkanes of at least 4 members (excludes halogenated alkanes) is 5. The van der Waals surface area contributed by atoms with Gasteiger partial charge in [0.1, 0.15) is 11.9 Å². The molecule has 0 saturated carbocycles. The van der Waals surface area contributed by atoms with Crippen molar-refractivity contribution in [1.82, 2.24) is 0 Å². The highest BCUT2D eigenvalue weighted by molar-refractivity contribution is 5.75. The van der Waals surface area contributed by atoms with Crippen LogP contribution in [0.15, 0.2) is 36.5 Å². The van der Waals surface area contributed by atoms with E-state index >= 15 is 0 Å². The first-order valence-corrected chi connectivity index (χ1v) is 8.48. The van der Waals surface area contributed by atoms with Gasteiger partial charge in [0, 0.05) is 6.42 Å². The van der Waals surface area contributed by atoms with Gasteiger partial charge in [0.25, 0.3) is 0 Å². The lowest BCUT2D eigenvalue weighted by molar-refractivity contribution is -0.266. The predicted molar refractivity (Wildman–Crippen MR) is 92.8 cm³/mol. The Morgan fingerprint density at radius 1 is 1.05 bits per heavy atom. The third-order valence-electron chi connectivity index (χ3n) is 3.45. The van der Waals surface area contributed by atoms with Crippen molar-refractivity contribution in [2.24, 2.45) is 0 Å². The number of rotatable bonds is 14. The topological polar surface area (TPSA) is 46.5 Å². The van der Waals surface area contributed by atoms with Crippen LogP contribution in [0.1, 0.15) is 71.6 Å². The first-order chi connectivity index (χ1) is 10.7. The molecule has 1 N–H and O–H groups in total. The molecule has 0 aromatic rings. The van der Waals surface area contributed by atoms with Crippen LogP contribution < -0.4 is 0 Å². The first-order valence-electron chi connectivity index (χ1n) is 8.48. The summed E-state index contributed by atoms with van der Waals surface area (Å²) in [6, 6.07) is 0. The Labute approximate surface area is 135 Å². The van der Waals surface area contributed by atoms with Crippen LogP contribution in [-0.4, -0.2) is 17.1 Å². The molecule has 22 heavy (non-hydrogen) atoms. The maximum Gasteiger partial charge on any atom is 0.129 e. The fourth-order valence-corrected chi connectivity index (χ4v) is 2.05. The molecule has 1 atom stereocenters. The highest BCUT2D eigenvalue weighted by atomic mass is 17.1. The Hall–Kier alpha value is -1.19. The Balaban J connectivity index is 3.42. The number of Topliss-reactive ketones (excluding diaryl/α,β-unsaturated/α-hetero) is 1. The predicted octanol–water partition coefficient (Wildman–Crippen LogP) is 5.63. The molecule has 0 aliphatic heterocycles. The molecule has 0 radical (unpaired) electrons. The van der Waals surface area contributed by atoms with Gasteiger partial charge < -0.3 is 4.79 Å². The monoisotopic (exact) mass is 308 g/mol. The zero-order valence-electron chi connectivity index (χ0n) is 14.2. The van der Waals surface area contributed by atoms with Crippen molar-refractivity contribution in [3.8, 4) is 0 Å². The molecule has 0 amide bonds. The summed E-state index contributed by atoms with van der Waals surface area (Å²) in [4.78, 5) is 15.0. The minimum Gasteiger partial charge on any atom is -0.300 e. The molecule has 0 saturated heterocycles. The van der Waals surface area contributed by atoms with Gasteiger partial charge in [0.2, 0.25) is 0 Å². The summed E-state index contributed by atoms with van der Waals surface area (Å²) in [5.41, 5.74) is 0. The lowest BCUT2D eigenvalue weighted by Gasteiger charge is -2.02. The van der Waals surface area contributed by atoms with Crippen molar-refractivity contribution in [3.05, 3.63) is 36.5 Å². The van der Waals surface area contributed by atoms with Crippen LogP contribution in [0.5, 0.6) is 0 Å². The molecule has 1 unspecified atom stereocenters. The second kappa shape index (κ2) is 16.2. The average molecular weight is 308 g/mol. The summed E-state index contributed by atoms with van der Waals surface area (Å²) >= 11 is 0. The Bertz CT molecular complexity index is 339. The van der Waals surface area contributed by atoms with Crippen molar-refractivity contribution in [2.75, 3.05) is 0 Å². The molecule has 0 fully saturated rings. The molecule has 0 aliphatic rings. The third-order valence-corrected chi connectivity index (χ3v) is 3.45. The van der Waals surface area contributed by atoms with Crippen LogP contribution in [0.4, 0.5) is 0 Å². The summed E-state index contributed by atoms with van der Waals surface area (Å²) in [6.45, 7) is 3.62. The molecular formula is C19H32O3. The lowest BCUT2D eigenvalue weighted by Crippen LogP contribution is -2.03. The van der Waals surface area contributed by atoms with E-state index in [1.807, 2.05) is 25.2 Å². The fraction of sp³-hybridized carbons (Fsp3) is 0.632. The van der Waals surface area contributed by atoms with Gasteiger partial charge in [-0.2, -0.15) is 0 Å². The molecule has 3 nitrogen and oxygen atoms in total. The van der Waals surface area contributed by atoms with E-state index in [9.17, 15) is 4.79 Å². The van der Waals surface area contributed by atoms with Crippen LogP contribution in [0, 0.1) is 0 Å². The molecular weight excluding hydrogens is 276 g/mol. The van der Waals surface area contributed by atoms with E-state index in [0.29, 0.717) is 5.78 Å². The number of hydrogen-bond donors (Lipinski definition) is 1. The van der Waals surface area contributed by atoms with Crippen molar-refractivity contribution < 1.29 is 14.9 Å². The van der Waals surface area contributed by atoms with Crippen molar-refractivity contribution in [1.29, 1.82) is 0 Å². The van der Waals surface area contributed by atoms with Gasteiger partial charge in [-0.25, -0.2) is 4.89 Å². The summed E-state index contributed by atoms with van der Waals surface area (Å²) in [5.74, 6) is 0.305. The Morgan fingerprint density at radius 2 is 1.77 bits per heavy atom. The van der Waals surface area contributed by atoms with Gasteiger partial charge in [0.05, 0.1) is 0 Å². The van der Waals surface area contributed by atoms with Crippen molar-refractivity contribution >= 4 is 5.78 Å². The Kier molecular flexibility index (Phi) is 15.3. The highest BCUT2D eigenvalue weighted by Crippen LogP contribution is 2.08. The largest absolute Gasteiger partial charge is 0.300 e. The molecule has 0 aliphatic carbocycles. The van der Waals surface area contributed by atoms with Crippen LogP contribution >= 0.6 is 0 Å². The summed E-state index contributed by atoms with van der Waals surface area (Å²) in [5, 5.41) is 8.54. The number of ketones is 1. The standard InChI is InChI=1S/C19H32O3/c1-3-19(22-21)17-15-13-11-9-7-5-4-6-8-10-12-14-16-18(2)20/h5,7,11,13,15,17,19,21H,3-4,6,8-10,12,14,16H2,1-2H3/b7-5-,13-11-,17-15+. The maximum absolute atomic E-state index is 10.8. The molecule has 0 spiro atoms. The van der Waals surface area contributed by atoms with Gasteiger partial charge in [0.15, 0.2) is 0 Å². The van der Waals surface area contributed by atoms with E-state index < -0.39 is 0 Å².